The molecule has 0 fully saturated rings. The molecule has 1 aromatic carbocycles. The van der Waals surface area contributed by atoms with Crippen molar-refractivity contribution in [2.75, 3.05) is 6.54 Å². The first-order valence-electron chi connectivity index (χ1n) is 6.21. The summed E-state index contributed by atoms with van der Waals surface area (Å²) in [6.07, 6.45) is -0.218. The molecular formula is C13H17FN2O4. The standard InChI is InChI=1S/C13H17FN2O4/c1-8(2)5-10(17)7-15-13(18)11-4-3-9(14)6-12(11)16(19)20/h3-4,6,8,10,17H,5,7H2,1-2H3,(H,15,18). The molecule has 0 aliphatic rings. The van der Waals surface area contributed by atoms with E-state index in [-0.39, 0.29) is 18.0 Å². The minimum atomic E-state index is -0.817. The number of carbonyl (C=O) groups is 1. The molecule has 1 atom stereocenters. The fraction of sp³-hybridized carbons (Fsp3) is 0.462. The van der Waals surface area contributed by atoms with Gasteiger partial charge in [-0.2, -0.15) is 0 Å². The van der Waals surface area contributed by atoms with Crippen LogP contribution in [0.25, 0.3) is 0 Å². The monoisotopic (exact) mass is 284 g/mol. The normalized spacial score (nSPS) is 12.2. The molecule has 0 spiro atoms. The number of rotatable bonds is 6. The van der Waals surface area contributed by atoms with E-state index in [1.165, 1.54) is 0 Å². The van der Waals surface area contributed by atoms with Crippen LogP contribution in [0, 0.1) is 21.8 Å². The van der Waals surface area contributed by atoms with E-state index in [9.17, 15) is 24.4 Å². The molecule has 7 heteroatoms. The molecule has 0 saturated carbocycles. The summed E-state index contributed by atoms with van der Waals surface area (Å²) in [7, 11) is 0. The lowest BCUT2D eigenvalue weighted by molar-refractivity contribution is -0.385. The van der Waals surface area contributed by atoms with Crippen molar-refractivity contribution in [3.63, 3.8) is 0 Å². The Kier molecular flexibility index (Phi) is 5.57. The van der Waals surface area contributed by atoms with Crippen LogP contribution in [-0.4, -0.2) is 28.6 Å². The highest BCUT2D eigenvalue weighted by molar-refractivity contribution is 5.98. The van der Waals surface area contributed by atoms with Crippen LogP contribution < -0.4 is 5.32 Å². The van der Waals surface area contributed by atoms with Gasteiger partial charge in [-0.05, 0) is 24.5 Å². The number of nitrogens with zero attached hydrogens (tertiary/aromatic N) is 1. The first-order valence-corrected chi connectivity index (χ1v) is 6.21. The molecule has 0 aliphatic carbocycles. The molecule has 1 amide bonds. The molecule has 1 unspecified atom stereocenters. The molecule has 0 bridgehead atoms. The molecule has 0 aromatic heterocycles. The maximum Gasteiger partial charge on any atom is 0.285 e. The Hall–Kier alpha value is -2.02. The van der Waals surface area contributed by atoms with Crippen LogP contribution in [0.3, 0.4) is 0 Å². The lowest BCUT2D eigenvalue weighted by Gasteiger charge is -2.13. The number of nitrogens with one attached hydrogen (secondary N) is 1. The highest BCUT2D eigenvalue weighted by Crippen LogP contribution is 2.19. The zero-order chi connectivity index (χ0) is 15.3. The van der Waals surface area contributed by atoms with Crippen molar-refractivity contribution in [2.24, 2.45) is 5.92 Å². The Morgan fingerprint density at radius 1 is 1.50 bits per heavy atom. The molecular weight excluding hydrogens is 267 g/mol. The summed E-state index contributed by atoms with van der Waals surface area (Å²) in [6, 6.07) is 2.73. The fourth-order valence-corrected chi connectivity index (χ4v) is 1.78. The van der Waals surface area contributed by atoms with Crippen LogP contribution in [-0.2, 0) is 0 Å². The highest BCUT2D eigenvalue weighted by atomic mass is 19.1. The van der Waals surface area contributed by atoms with Crippen LogP contribution >= 0.6 is 0 Å². The summed E-state index contributed by atoms with van der Waals surface area (Å²) >= 11 is 0. The van der Waals surface area contributed by atoms with Gasteiger partial charge in [-0.1, -0.05) is 13.8 Å². The first kappa shape index (κ1) is 16.0. The highest BCUT2D eigenvalue weighted by Gasteiger charge is 2.21. The Morgan fingerprint density at radius 2 is 2.15 bits per heavy atom. The van der Waals surface area contributed by atoms with Gasteiger partial charge in [-0.15, -0.1) is 0 Å². The second-order valence-electron chi connectivity index (χ2n) is 4.91. The smallest absolute Gasteiger partial charge is 0.285 e. The molecule has 6 nitrogen and oxygen atoms in total. The third-order valence-electron chi connectivity index (χ3n) is 2.64. The van der Waals surface area contributed by atoms with Gasteiger partial charge < -0.3 is 10.4 Å². The molecule has 2 N–H and O–H groups in total. The van der Waals surface area contributed by atoms with E-state index >= 15 is 0 Å². The van der Waals surface area contributed by atoms with Gasteiger partial charge in [0.05, 0.1) is 17.1 Å². The minimum absolute atomic E-state index is 0.00839. The van der Waals surface area contributed by atoms with Gasteiger partial charge >= 0.3 is 0 Å². The summed E-state index contributed by atoms with van der Waals surface area (Å²) < 4.78 is 13.0. The van der Waals surface area contributed by atoms with Gasteiger partial charge in [-0.25, -0.2) is 4.39 Å². The van der Waals surface area contributed by atoms with E-state index in [4.69, 9.17) is 0 Å². The number of nitro benzene ring substituents is 1. The van der Waals surface area contributed by atoms with Crippen molar-refractivity contribution in [1.82, 2.24) is 5.32 Å². The molecule has 0 radical (unpaired) electrons. The Balaban J connectivity index is 2.75. The van der Waals surface area contributed by atoms with Crippen molar-refractivity contribution in [3.05, 3.63) is 39.7 Å². The summed E-state index contributed by atoms with van der Waals surface area (Å²) in [6.45, 7) is 3.84. The number of aliphatic hydroxyl groups excluding tert-OH is 1. The molecule has 0 heterocycles. The number of hydrogen-bond acceptors (Lipinski definition) is 4. The van der Waals surface area contributed by atoms with Crippen LogP contribution in [0.15, 0.2) is 18.2 Å². The van der Waals surface area contributed by atoms with E-state index in [1.54, 1.807) is 0 Å². The quantitative estimate of drug-likeness (QED) is 0.616. The zero-order valence-electron chi connectivity index (χ0n) is 11.3. The zero-order valence-corrected chi connectivity index (χ0v) is 11.3. The van der Waals surface area contributed by atoms with Crippen LogP contribution in [0.5, 0.6) is 0 Å². The number of benzene rings is 1. The molecule has 110 valence electrons. The molecule has 1 rings (SSSR count). The van der Waals surface area contributed by atoms with Crippen molar-refractivity contribution in [3.8, 4) is 0 Å². The van der Waals surface area contributed by atoms with E-state index < -0.39 is 28.4 Å². The minimum Gasteiger partial charge on any atom is -0.391 e. The number of carbonyl (C=O) groups excluding carboxylic acids is 1. The average molecular weight is 284 g/mol. The van der Waals surface area contributed by atoms with E-state index in [0.717, 1.165) is 12.1 Å². The summed E-state index contributed by atoms with van der Waals surface area (Å²) in [4.78, 5) is 21.8. The Labute approximate surface area is 115 Å². The molecule has 0 saturated heterocycles. The molecule has 1 aromatic rings. The van der Waals surface area contributed by atoms with Gasteiger partial charge in [0.1, 0.15) is 11.4 Å². The first-order chi connectivity index (χ1) is 9.31. The van der Waals surface area contributed by atoms with Gasteiger partial charge in [0, 0.05) is 6.54 Å². The van der Waals surface area contributed by atoms with Gasteiger partial charge in [0.15, 0.2) is 0 Å². The van der Waals surface area contributed by atoms with E-state index in [2.05, 4.69) is 5.32 Å². The van der Waals surface area contributed by atoms with E-state index in [0.29, 0.717) is 12.5 Å². The largest absolute Gasteiger partial charge is 0.391 e. The van der Waals surface area contributed by atoms with E-state index in [1.807, 2.05) is 13.8 Å². The lowest BCUT2D eigenvalue weighted by atomic mass is 10.1. The van der Waals surface area contributed by atoms with Crippen molar-refractivity contribution >= 4 is 11.6 Å². The van der Waals surface area contributed by atoms with Gasteiger partial charge in [0.2, 0.25) is 0 Å². The lowest BCUT2D eigenvalue weighted by Crippen LogP contribution is -2.33. The molecule has 20 heavy (non-hydrogen) atoms. The second kappa shape index (κ2) is 6.95. The second-order valence-corrected chi connectivity index (χ2v) is 4.91. The Bertz CT molecular complexity index is 505. The predicted molar refractivity (Wildman–Crippen MR) is 70.8 cm³/mol. The SMILES string of the molecule is CC(C)CC(O)CNC(=O)c1ccc(F)cc1[N+](=O)[O-]. The van der Waals surface area contributed by atoms with Crippen LogP contribution in [0.1, 0.15) is 30.6 Å². The Morgan fingerprint density at radius 3 is 2.70 bits per heavy atom. The third kappa shape index (κ3) is 4.58. The molecule has 0 aliphatic heterocycles. The number of aliphatic hydroxyl groups is 1. The number of halogens is 1. The fourth-order valence-electron chi connectivity index (χ4n) is 1.78. The topological polar surface area (TPSA) is 92.5 Å². The maximum atomic E-state index is 13.0. The van der Waals surface area contributed by atoms with Gasteiger partial charge in [0.25, 0.3) is 11.6 Å². The summed E-state index contributed by atoms with van der Waals surface area (Å²) in [5, 5.41) is 22.8. The number of hydrogen-bond donors (Lipinski definition) is 2. The van der Waals surface area contributed by atoms with Gasteiger partial charge in [-0.3, -0.25) is 14.9 Å². The maximum absolute atomic E-state index is 13.0. The third-order valence-corrected chi connectivity index (χ3v) is 2.64. The van der Waals surface area contributed by atoms with Crippen LogP contribution in [0.4, 0.5) is 10.1 Å². The van der Waals surface area contributed by atoms with Crippen molar-refractivity contribution < 1.29 is 19.2 Å². The predicted octanol–water partition coefficient (Wildman–Crippen LogP) is 1.87. The summed E-state index contributed by atoms with van der Waals surface area (Å²) in [5.41, 5.74) is -0.825. The average Bonchev–Trinajstić information content (AvgIpc) is 2.35. The van der Waals surface area contributed by atoms with Crippen molar-refractivity contribution in [1.29, 1.82) is 0 Å². The number of amides is 1. The summed E-state index contributed by atoms with van der Waals surface area (Å²) in [5.74, 6) is -1.23. The van der Waals surface area contributed by atoms with Crippen molar-refractivity contribution in [2.45, 2.75) is 26.4 Å². The van der Waals surface area contributed by atoms with Crippen LogP contribution in [0.2, 0.25) is 0 Å². The number of nitro groups is 1.